The molecule has 140 valence electrons. The predicted molar refractivity (Wildman–Crippen MR) is 95.0 cm³/mol. The lowest BCUT2D eigenvalue weighted by Gasteiger charge is -2.36. The van der Waals surface area contributed by atoms with Gasteiger partial charge < -0.3 is 28.7 Å². The molecule has 2 aliphatic rings. The summed E-state index contributed by atoms with van der Waals surface area (Å²) in [6.45, 7) is 7.65. The van der Waals surface area contributed by atoms with Crippen LogP contribution in [0.25, 0.3) is 0 Å². The molecule has 0 spiro atoms. The van der Waals surface area contributed by atoms with Gasteiger partial charge in [0.2, 0.25) is 5.75 Å². The van der Waals surface area contributed by atoms with Crippen LogP contribution in [0.15, 0.2) is 12.1 Å². The molecule has 6 heteroatoms. The molecule has 2 heterocycles. The topological polar surface area (TPSA) is 45.8 Å². The van der Waals surface area contributed by atoms with Crippen molar-refractivity contribution in [2.24, 2.45) is 0 Å². The van der Waals surface area contributed by atoms with E-state index in [9.17, 15) is 0 Å². The van der Waals surface area contributed by atoms with Gasteiger partial charge in [-0.1, -0.05) is 0 Å². The lowest BCUT2D eigenvalue weighted by molar-refractivity contribution is -0.967. The Morgan fingerprint density at radius 3 is 2.04 bits per heavy atom. The van der Waals surface area contributed by atoms with Gasteiger partial charge in [0.1, 0.15) is 19.6 Å². The van der Waals surface area contributed by atoms with E-state index in [1.807, 2.05) is 0 Å². The molecule has 0 bridgehead atoms. The van der Waals surface area contributed by atoms with Gasteiger partial charge in [-0.05, 0) is 12.1 Å². The van der Waals surface area contributed by atoms with Crippen LogP contribution in [0.1, 0.15) is 18.4 Å². The van der Waals surface area contributed by atoms with Crippen molar-refractivity contribution < 1.29 is 28.7 Å². The molecule has 2 aliphatic heterocycles. The highest BCUT2D eigenvalue weighted by atomic mass is 16.5. The number of hydrogen-bond acceptors (Lipinski definition) is 4. The quantitative estimate of drug-likeness (QED) is 0.702. The molecule has 3 rings (SSSR count). The summed E-state index contributed by atoms with van der Waals surface area (Å²) in [5.41, 5.74) is 1.24. The van der Waals surface area contributed by atoms with Gasteiger partial charge in [-0.15, -0.1) is 0 Å². The smallest absolute Gasteiger partial charge is 0.203 e. The van der Waals surface area contributed by atoms with Crippen molar-refractivity contribution in [3.05, 3.63) is 17.7 Å². The summed E-state index contributed by atoms with van der Waals surface area (Å²) in [5, 5.41) is 0. The Kier molecular flexibility index (Phi) is 6.39. The van der Waals surface area contributed by atoms with Crippen LogP contribution >= 0.6 is 0 Å². The van der Waals surface area contributed by atoms with Gasteiger partial charge >= 0.3 is 0 Å². The first-order valence-electron chi connectivity index (χ1n) is 9.30. The van der Waals surface area contributed by atoms with Gasteiger partial charge in [-0.2, -0.15) is 0 Å². The number of nitrogens with one attached hydrogen (secondary N) is 2. The molecule has 0 unspecified atom stereocenters. The second-order valence-electron chi connectivity index (χ2n) is 7.01. The molecule has 2 saturated heterocycles. The average molecular weight is 352 g/mol. The number of benzene rings is 1. The van der Waals surface area contributed by atoms with E-state index < -0.39 is 0 Å². The largest absolute Gasteiger partial charge is 0.493 e. The van der Waals surface area contributed by atoms with Crippen molar-refractivity contribution in [3.63, 3.8) is 0 Å². The summed E-state index contributed by atoms with van der Waals surface area (Å²) in [6, 6.07) is 4.97. The molecule has 25 heavy (non-hydrogen) atoms. The van der Waals surface area contributed by atoms with Gasteiger partial charge in [-0.25, -0.2) is 0 Å². The van der Waals surface area contributed by atoms with Crippen LogP contribution < -0.4 is 24.0 Å². The van der Waals surface area contributed by atoms with Crippen molar-refractivity contribution in [1.82, 2.24) is 0 Å². The Bertz CT molecular complexity index is 527. The summed E-state index contributed by atoms with van der Waals surface area (Å²) in [6.07, 6.45) is 2.60. The van der Waals surface area contributed by atoms with Gasteiger partial charge in [0.05, 0.1) is 53.7 Å². The summed E-state index contributed by atoms with van der Waals surface area (Å²) in [5.74, 6) is 2.14. The van der Waals surface area contributed by atoms with Crippen molar-refractivity contribution in [1.29, 1.82) is 0 Å². The van der Waals surface area contributed by atoms with E-state index in [4.69, 9.17) is 18.9 Å². The maximum atomic E-state index is 5.49. The number of methoxy groups -OCH3 is 3. The molecule has 1 aromatic rings. The van der Waals surface area contributed by atoms with E-state index in [1.165, 1.54) is 44.6 Å². The van der Waals surface area contributed by atoms with Crippen LogP contribution in [-0.4, -0.2) is 66.8 Å². The van der Waals surface area contributed by atoms with Gasteiger partial charge in [0.25, 0.3) is 0 Å². The Labute approximate surface area is 150 Å². The van der Waals surface area contributed by atoms with Gasteiger partial charge in [0.15, 0.2) is 11.5 Å². The maximum absolute atomic E-state index is 5.49. The number of likely N-dealkylation sites (tertiary alicyclic amines) is 1. The zero-order chi connectivity index (χ0) is 17.6. The summed E-state index contributed by atoms with van der Waals surface area (Å²) in [7, 11) is 4.99. The first kappa shape index (κ1) is 18.3. The summed E-state index contributed by atoms with van der Waals surface area (Å²) in [4.78, 5) is 3.39. The molecular formula is C19H32N2O4+2. The van der Waals surface area contributed by atoms with Crippen LogP contribution in [0.4, 0.5) is 0 Å². The first-order valence-corrected chi connectivity index (χ1v) is 9.30. The average Bonchev–Trinajstić information content (AvgIpc) is 2.68. The van der Waals surface area contributed by atoms with Crippen LogP contribution in [0.3, 0.4) is 0 Å². The molecule has 0 aliphatic carbocycles. The zero-order valence-corrected chi connectivity index (χ0v) is 15.7. The highest BCUT2D eigenvalue weighted by molar-refractivity contribution is 5.53. The van der Waals surface area contributed by atoms with Crippen LogP contribution in [-0.2, 0) is 11.3 Å². The van der Waals surface area contributed by atoms with E-state index in [1.54, 1.807) is 31.1 Å². The lowest BCUT2D eigenvalue weighted by atomic mass is 10.0. The SMILES string of the molecule is COc1cc(C[NH+]2CCC([NH+]3CCOCC3)CC2)cc(OC)c1OC. The van der Waals surface area contributed by atoms with E-state index in [2.05, 4.69) is 12.1 Å². The van der Waals surface area contributed by atoms with Crippen molar-refractivity contribution in [2.75, 3.05) is 60.7 Å². The molecule has 6 nitrogen and oxygen atoms in total. The molecule has 0 aromatic heterocycles. The van der Waals surface area contributed by atoms with Gasteiger partial charge in [-0.3, -0.25) is 0 Å². The minimum atomic E-state index is 0.665. The highest BCUT2D eigenvalue weighted by Crippen LogP contribution is 2.37. The molecule has 2 fully saturated rings. The minimum Gasteiger partial charge on any atom is -0.493 e. The van der Waals surface area contributed by atoms with Gasteiger partial charge in [0, 0.05) is 18.4 Å². The molecule has 1 aromatic carbocycles. The Balaban J connectivity index is 1.60. The van der Waals surface area contributed by atoms with Crippen LogP contribution in [0.5, 0.6) is 17.2 Å². The number of piperidine rings is 1. The monoisotopic (exact) mass is 352 g/mol. The van der Waals surface area contributed by atoms with Crippen LogP contribution in [0, 0.1) is 0 Å². The van der Waals surface area contributed by atoms with E-state index >= 15 is 0 Å². The highest BCUT2D eigenvalue weighted by Gasteiger charge is 2.31. The molecular weight excluding hydrogens is 320 g/mol. The first-order chi connectivity index (χ1) is 12.2. The third kappa shape index (κ3) is 4.37. The third-order valence-corrected chi connectivity index (χ3v) is 5.58. The van der Waals surface area contributed by atoms with Crippen LogP contribution in [0.2, 0.25) is 0 Å². The normalized spacial score (nSPS) is 24.8. The number of ether oxygens (including phenoxy) is 4. The van der Waals surface area contributed by atoms with Crippen molar-refractivity contribution in [3.8, 4) is 17.2 Å². The molecule has 2 N–H and O–H groups in total. The lowest BCUT2D eigenvalue weighted by Crippen LogP contribution is -3.21. The number of morpholine rings is 1. The second kappa shape index (κ2) is 8.74. The summed E-state index contributed by atoms with van der Waals surface area (Å²) < 4.78 is 21.9. The van der Waals surface area contributed by atoms with E-state index in [0.29, 0.717) is 5.75 Å². The fraction of sp³-hybridized carbons (Fsp3) is 0.684. The molecule has 0 radical (unpaired) electrons. The number of hydrogen-bond donors (Lipinski definition) is 2. The molecule has 0 saturated carbocycles. The molecule has 0 atom stereocenters. The summed E-state index contributed by atoms with van der Waals surface area (Å²) >= 11 is 0. The Hall–Kier alpha value is -1.50. The number of rotatable bonds is 6. The van der Waals surface area contributed by atoms with E-state index in [-0.39, 0.29) is 0 Å². The van der Waals surface area contributed by atoms with Crippen molar-refractivity contribution >= 4 is 0 Å². The fourth-order valence-corrected chi connectivity index (χ4v) is 4.18. The number of quaternary nitrogens is 2. The predicted octanol–water partition coefficient (Wildman–Crippen LogP) is -0.825. The molecule has 0 amide bonds. The third-order valence-electron chi connectivity index (χ3n) is 5.58. The zero-order valence-electron chi connectivity index (χ0n) is 15.7. The van der Waals surface area contributed by atoms with Crippen molar-refractivity contribution in [2.45, 2.75) is 25.4 Å². The Morgan fingerprint density at radius 2 is 1.52 bits per heavy atom. The maximum Gasteiger partial charge on any atom is 0.203 e. The minimum absolute atomic E-state index is 0.665. The standard InChI is InChI=1S/C19H30N2O4/c1-22-17-12-15(13-18(23-2)19(17)24-3)14-20-6-4-16(5-7-20)21-8-10-25-11-9-21/h12-13,16H,4-11,14H2,1-3H3/p+2. The second-order valence-corrected chi connectivity index (χ2v) is 7.01. The fourth-order valence-electron chi connectivity index (χ4n) is 4.18. The Morgan fingerprint density at radius 1 is 0.920 bits per heavy atom. The van der Waals surface area contributed by atoms with E-state index in [0.717, 1.165) is 37.3 Å².